The fourth-order valence-corrected chi connectivity index (χ4v) is 5.23. The molecule has 0 bridgehead atoms. The van der Waals surface area contributed by atoms with Gasteiger partial charge in [0.25, 0.3) is 0 Å². The van der Waals surface area contributed by atoms with Crippen molar-refractivity contribution in [3.63, 3.8) is 0 Å². The number of nitrogens with one attached hydrogen (secondary N) is 2. The average Bonchev–Trinajstić information content (AvgIpc) is 3.66. The molecule has 2 N–H and O–H groups in total. The molecule has 0 unspecified atom stereocenters. The predicted octanol–water partition coefficient (Wildman–Crippen LogP) is 4.46. The third kappa shape index (κ3) is 3.93. The molecule has 4 aromatic rings. The molecular formula is C26H30N8. The summed E-state index contributed by atoms with van der Waals surface area (Å²) in [6.45, 7) is 2.25. The van der Waals surface area contributed by atoms with E-state index in [2.05, 4.69) is 78.1 Å². The number of rotatable bonds is 5. The Hall–Kier alpha value is -3.36. The van der Waals surface area contributed by atoms with E-state index >= 15 is 0 Å². The maximum Gasteiger partial charge on any atom is 0.159 e. The first-order valence-corrected chi connectivity index (χ1v) is 12.1. The zero-order chi connectivity index (χ0) is 23.1. The highest BCUT2D eigenvalue weighted by atomic mass is 15.2. The number of likely N-dealkylation sites (tertiary alicyclic amines) is 2. The van der Waals surface area contributed by atoms with Crippen molar-refractivity contribution in [1.82, 2.24) is 39.7 Å². The molecule has 8 heteroatoms. The van der Waals surface area contributed by atoms with Gasteiger partial charge in [-0.2, -0.15) is 0 Å². The second-order valence-corrected chi connectivity index (χ2v) is 9.51. The largest absolute Gasteiger partial charge is 0.341 e. The van der Waals surface area contributed by atoms with Crippen molar-refractivity contribution in [3.05, 3.63) is 60.7 Å². The Morgan fingerprint density at radius 2 is 1.15 bits per heavy atom. The average molecular weight is 455 g/mol. The molecule has 6 rings (SSSR count). The Morgan fingerprint density at radius 1 is 0.647 bits per heavy atom. The van der Waals surface area contributed by atoms with Gasteiger partial charge in [-0.1, -0.05) is 24.3 Å². The molecular weight excluding hydrogens is 424 g/mol. The van der Waals surface area contributed by atoms with E-state index in [1.807, 2.05) is 24.8 Å². The van der Waals surface area contributed by atoms with Crippen LogP contribution in [0.4, 0.5) is 0 Å². The van der Waals surface area contributed by atoms with Crippen LogP contribution in [0.5, 0.6) is 0 Å². The van der Waals surface area contributed by atoms with Crippen molar-refractivity contribution < 1.29 is 0 Å². The minimum atomic E-state index is 0.373. The normalized spacial score (nSPS) is 21.5. The van der Waals surface area contributed by atoms with Crippen LogP contribution in [0.2, 0.25) is 0 Å². The molecule has 34 heavy (non-hydrogen) atoms. The highest BCUT2D eigenvalue weighted by molar-refractivity contribution is 5.66. The number of benzene rings is 1. The van der Waals surface area contributed by atoms with E-state index < -0.39 is 0 Å². The summed E-state index contributed by atoms with van der Waals surface area (Å²) in [7, 11) is 4.32. The molecule has 8 nitrogen and oxygen atoms in total. The number of imidazole rings is 2. The monoisotopic (exact) mass is 454 g/mol. The zero-order valence-corrected chi connectivity index (χ0v) is 19.7. The summed E-state index contributed by atoms with van der Waals surface area (Å²) in [4.78, 5) is 30.2. The second-order valence-electron chi connectivity index (χ2n) is 9.51. The van der Waals surface area contributed by atoms with Crippen LogP contribution in [0.1, 0.15) is 49.4 Å². The van der Waals surface area contributed by atoms with E-state index in [-0.39, 0.29) is 0 Å². The maximum atomic E-state index is 4.64. The molecule has 0 aliphatic carbocycles. The van der Waals surface area contributed by atoms with Gasteiger partial charge in [-0.05, 0) is 58.4 Å². The van der Waals surface area contributed by atoms with Crippen LogP contribution in [0, 0.1) is 0 Å². The van der Waals surface area contributed by atoms with E-state index in [4.69, 9.17) is 0 Å². The topological polar surface area (TPSA) is 89.6 Å². The first kappa shape index (κ1) is 21.2. The summed E-state index contributed by atoms with van der Waals surface area (Å²) in [5.41, 5.74) is 5.05. The van der Waals surface area contributed by atoms with Crippen molar-refractivity contribution in [3.8, 4) is 33.9 Å². The SMILES string of the molecule is CN1CCC[C@H]1c1ncc(-c2ccc(-c3ncc(-c4cnc([C@@H]5CCCN5C)[nH]4)cn3)cc2)[nH]1. The van der Waals surface area contributed by atoms with Crippen molar-refractivity contribution in [2.45, 2.75) is 37.8 Å². The minimum absolute atomic E-state index is 0.373. The summed E-state index contributed by atoms with van der Waals surface area (Å²) in [6.07, 6.45) is 12.3. The van der Waals surface area contributed by atoms with Gasteiger partial charge >= 0.3 is 0 Å². The lowest BCUT2D eigenvalue weighted by molar-refractivity contribution is 0.307. The maximum absolute atomic E-state index is 4.64. The van der Waals surface area contributed by atoms with Gasteiger partial charge in [-0.15, -0.1) is 0 Å². The van der Waals surface area contributed by atoms with Gasteiger partial charge in [0.15, 0.2) is 5.82 Å². The number of H-pyrrole nitrogens is 2. The van der Waals surface area contributed by atoms with Gasteiger partial charge in [-0.25, -0.2) is 19.9 Å². The summed E-state index contributed by atoms with van der Waals surface area (Å²) in [5, 5.41) is 0. The molecule has 0 radical (unpaired) electrons. The first-order chi connectivity index (χ1) is 16.7. The van der Waals surface area contributed by atoms with Crippen LogP contribution >= 0.6 is 0 Å². The molecule has 3 aromatic heterocycles. The molecule has 5 heterocycles. The fraction of sp³-hybridized carbons (Fsp3) is 0.385. The molecule has 0 saturated carbocycles. The number of aromatic nitrogens is 6. The Balaban J connectivity index is 1.16. The zero-order valence-electron chi connectivity index (χ0n) is 19.7. The molecule has 0 spiro atoms. The predicted molar refractivity (Wildman–Crippen MR) is 132 cm³/mol. The van der Waals surface area contributed by atoms with Crippen LogP contribution in [0.3, 0.4) is 0 Å². The number of hydrogen-bond acceptors (Lipinski definition) is 6. The number of aromatic amines is 2. The van der Waals surface area contributed by atoms with Gasteiger partial charge in [0.1, 0.15) is 11.6 Å². The highest BCUT2D eigenvalue weighted by Gasteiger charge is 2.26. The van der Waals surface area contributed by atoms with E-state index in [1.54, 1.807) is 0 Å². The smallest absolute Gasteiger partial charge is 0.159 e. The number of hydrogen-bond donors (Lipinski definition) is 2. The van der Waals surface area contributed by atoms with Crippen LogP contribution in [0.25, 0.3) is 33.9 Å². The van der Waals surface area contributed by atoms with E-state index in [0.717, 1.165) is 65.7 Å². The Kier molecular flexibility index (Phi) is 5.47. The lowest BCUT2D eigenvalue weighted by Gasteiger charge is -2.16. The highest BCUT2D eigenvalue weighted by Crippen LogP contribution is 2.31. The van der Waals surface area contributed by atoms with Crippen LogP contribution < -0.4 is 0 Å². The van der Waals surface area contributed by atoms with E-state index in [0.29, 0.717) is 17.9 Å². The fourth-order valence-electron chi connectivity index (χ4n) is 5.23. The summed E-state index contributed by atoms with van der Waals surface area (Å²) in [6, 6.07) is 9.10. The second kappa shape index (κ2) is 8.77. The van der Waals surface area contributed by atoms with Crippen molar-refractivity contribution >= 4 is 0 Å². The van der Waals surface area contributed by atoms with Crippen LogP contribution in [-0.2, 0) is 0 Å². The molecule has 2 aliphatic rings. The molecule has 174 valence electrons. The van der Waals surface area contributed by atoms with Crippen molar-refractivity contribution in [2.24, 2.45) is 0 Å². The van der Waals surface area contributed by atoms with Crippen LogP contribution in [-0.4, -0.2) is 66.9 Å². The van der Waals surface area contributed by atoms with Crippen LogP contribution in [0.15, 0.2) is 49.1 Å². The molecule has 2 atom stereocenters. The standard InChI is InChI=1S/C26H30N8/c1-33-11-3-5-22(33)25-29-15-20(31-25)17-7-9-18(10-8-17)24-27-13-19(14-28-24)21-16-30-26(32-21)23-6-4-12-34(23)2/h7-10,13-16,22-23H,3-6,11-12H2,1-2H3,(H,29,31)(H,30,32)/t22-,23-/m0/s1. The Morgan fingerprint density at radius 3 is 1.65 bits per heavy atom. The van der Waals surface area contributed by atoms with Gasteiger partial charge in [0, 0.05) is 23.5 Å². The summed E-state index contributed by atoms with van der Waals surface area (Å²) >= 11 is 0. The molecule has 1 aromatic carbocycles. The van der Waals surface area contributed by atoms with Gasteiger partial charge in [0.2, 0.25) is 0 Å². The van der Waals surface area contributed by atoms with Crippen molar-refractivity contribution in [1.29, 1.82) is 0 Å². The molecule has 2 aliphatic heterocycles. The van der Waals surface area contributed by atoms with E-state index in [1.165, 1.54) is 12.8 Å². The Bertz CT molecular complexity index is 1160. The first-order valence-electron chi connectivity index (χ1n) is 12.1. The Labute approximate surface area is 199 Å². The summed E-state index contributed by atoms with van der Waals surface area (Å²) in [5.74, 6) is 2.79. The number of nitrogens with zero attached hydrogens (tertiary/aromatic N) is 6. The lowest BCUT2D eigenvalue weighted by Crippen LogP contribution is -2.18. The third-order valence-corrected chi connectivity index (χ3v) is 7.28. The van der Waals surface area contributed by atoms with Gasteiger partial charge < -0.3 is 9.97 Å². The molecule has 2 fully saturated rings. The quantitative estimate of drug-likeness (QED) is 0.463. The van der Waals surface area contributed by atoms with E-state index in [9.17, 15) is 0 Å². The minimum Gasteiger partial charge on any atom is -0.341 e. The van der Waals surface area contributed by atoms with Gasteiger partial charge in [0.05, 0.1) is 35.9 Å². The molecule has 2 saturated heterocycles. The van der Waals surface area contributed by atoms with Gasteiger partial charge in [-0.3, -0.25) is 9.80 Å². The van der Waals surface area contributed by atoms with Crippen molar-refractivity contribution in [2.75, 3.05) is 27.2 Å². The lowest BCUT2D eigenvalue weighted by atomic mass is 10.1. The third-order valence-electron chi connectivity index (χ3n) is 7.28. The summed E-state index contributed by atoms with van der Waals surface area (Å²) < 4.78 is 0. The molecule has 0 amide bonds.